The van der Waals surface area contributed by atoms with Crippen molar-refractivity contribution in [2.24, 2.45) is 9.98 Å². The number of benzene rings is 2. The predicted molar refractivity (Wildman–Crippen MR) is 172 cm³/mol. The smallest absolute Gasteiger partial charge is 0.0636 e. The second-order valence-electron chi connectivity index (χ2n) is 10.5. The third-order valence-electron chi connectivity index (χ3n) is 7.41. The van der Waals surface area contributed by atoms with E-state index in [-0.39, 0.29) is 20.4 Å². The average molecular weight is 624 g/mol. The Balaban J connectivity index is 0.00000760. The number of rotatable bonds is 19. The summed E-state index contributed by atoms with van der Waals surface area (Å²) in [7, 11) is 0. The normalized spacial score (nSPS) is 11.9. The quantitative estimate of drug-likeness (QED) is 0.0869. The first-order chi connectivity index (χ1) is 18.6. The first kappa shape index (κ1) is 35.3. The van der Waals surface area contributed by atoms with Gasteiger partial charge in [0.1, 0.15) is 0 Å². The first-order valence-electron chi connectivity index (χ1n) is 15.7. The predicted octanol–water partition coefficient (Wildman–Crippen LogP) is 10.8. The van der Waals surface area contributed by atoms with Crippen LogP contribution in [-0.4, -0.2) is 24.5 Å². The summed E-state index contributed by atoms with van der Waals surface area (Å²) in [5.41, 5.74) is 8.76. The van der Waals surface area contributed by atoms with Crippen LogP contribution in [0.1, 0.15) is 123 Å². The molecule has 0 saturated heterocycles. The monoisotopic (exact) mass is 623 g/mol. The third-order valence-corrected chi connectivity index (χ3v) is 7.41. The van der Waals surface area contributed by atoms with Gasteiger partial charge in [-0.15, -0.1) is 0 Å². The van der Waals surface area contributed by atoms with E-state index in [0.717, 1.165) is 63.0 Å². The average Bonchev–Trinajstić information content (AvgIpc) is 2.94. The molecule has 0 fully saturated rings. The van der Waals surface area contributed by atoms with Crippen molar-refractivity contribution in [3.05, 3.63) is 53.6 Å². The standard InChI is InChI=1S/C35H55N3.Pd/c1-7-13-17-21-35(36-31-24-26-33(27-25-31)38(11-5)12-6)34(20-16-10-4)37-32-23-22-29(18-14-8-2)30(28-32)19-15-9-3;/h22-28H,7-21H2,1-6H3;/b36-35+,37-34+;. The summed E-state index contributed by atoms with van der Waals surface area (Å²) >= 11 is 0. The summed E-state index contributed by atoms with van der Waals surface area (Å²) in [6.07, 6.45) is 15.2. The molecule has 0 amide bonds. The number of anilines is 1. The Morgan fingerprint density at radius 1 is 0.564 bits per heavy atom. The van der Waals surface area contributed by atoms with E-state index in [1.807, 2.05) is 0 Å². The minimum Gasteiger partial charge on any atom is -0.372 e. The molecule has 0 atom stereocenters. The maximum atomic E-state index is 5.31. The fourth-order valence-corrected chi connectivity index (χ4v) is 4.95. The van der Waals surface area contributed by atoms with Gasteiger partial charge >= 0.3 is 0 Å². The van der Waals surface area contributed by atoms with Crippen molar-refractivity contribution in [2.75, 3.05) is 18.0 Å². The van der Waals surface area contributed by atoms with Crippen LogP contribution in [0.2, 0.25) is 0 Å². The Morgan fingerprint density at radius 2 is 1.08 bits per heavy atom. The summed E-state index contributed by atoms with van der Waals surface area (Å²) < 4.78 is 0. The molecule has 2 rings (SSSR count). The van der Waals surface area contributed by atoms with E-state index in [2.05, 4.69) is 88.9 Å². The van der Waals surface area contributed by atoms with Gasteiger partial charge in [-0.1, -0.05) is 65.9 Å². The largest absolute Gasteiger partial charge is 0.372 e. The van der Waals surface area contributed by atoms with E-state index in [9.17, 15) is 0 Å². The van der Waals surface area contributed by atoms with Crippen molar-refractivity contribution in [2.45, 2.75) is 125 Å². The van der Waals surface area contributed by atoms with Crippen molar-refractivity contribution in [1.82, 2.24) is 0 Å². The van der Waals surface area contributed by atoms with E-state index < -0.39 is 0 Å². The molecule has 0 unspecified atom stereocenters. The number of unbranched alkanes of at least 4 members (excludes halogenated alkanes) is 5. The second-order valence-corrected chi connectivity index (χ2v) is 10.5. The van der Waals surface area contributed by atoms with Gasteiger partial charge in [0.25, 0.3) is 0 Å². The van der Waals surface area contributed by atoms with Gasteiger partial charge in [-0.25, -0.2) is 0 Å². The van der Waals surface area contributed by atoms with Crippen LogP contribution in [0, 0.1) is 0 Å². The molecule has 220 valence electrons. The van der Waals surface area contributed by atoms with Gasteiger partial charge in [-0.3, -0.25) is 9.98 Å². The molecule has 0 radical (unpaired) electrons. The van der Waals surface area contributed by atoms with Crippen LogP contribution < -0.4 is 4.90 Å². The van der Waals surface area contributed by atoms with Crippen LogP contribution in [0.25, 0.3) is 0 Å². The van der Waals surface area contributed by atoms with Crippen LogP contribution in [0.15, 0.2) is 52.4 Å². The molecule has 0 N–H and O–H groups in total. The molecule has 2 aromatic rings. The van der Waals surface area contributed by atoms with Crippen LogP contribution in [-0.2, 0) is 33.3 Å². The van der Waals surface area contributed by atoms with Gasteiger partial charge < -0.3 is 4.90 Å². The van der Waals surface area contributed by atoms with Gasteiger partial charge in [-0.2, -0.15) is 0 Å². The zero-order valence-corrected chi connectivity index (χ0v) is 27.4. The van der Waals surface area contributed by atoms with Gasteiger partial charge in [-0.05, 0) is 113 Å². The summed E-state index contributed by atoms with van der Waals surface area (Å²) in [5.74, 6) is 0. The number of aryl methyl sites for hydroxylation is 2. The molecule has 0 spiro atoms. The first-order valence-corrected chi connectivity index (χ1v) is 15.7. The molecule has 0 bridgehead atoms. The third kappa shape index (κ3) is 12.5. The Bertz CT molecular complexity index is 974. The molecule has 0 aromatic heterocycles. The maximum Gasteiger partial charge on any atom is 0.0636 e. The molecule has 0 aliphatic heterocycles. The van der Waals surface area contributed by atoms with Crippen molar-refractivity contribution in [3.63, 3.8) is 0 Å². The van der Waals surface area contributed by atoms with E-state index in [0.29, 0.717) is 0 Å². The molecule has 4 heteroatoms. The molecule has 2 aromatic carbocycles. The van der Waals surface area contributed by atoms with Gasteiger partial charge in [0.2, 0.25) is 0 Å². The number of aliphatic imine (C=N–C) groups is 2. The summed E-state index contributed by atoms with van der Waals surface area (Å²) in [6, 6.07) is 15.7. The van der Waals surface area contributed by atoms with Gasteiger partial charge in [0, 0.05) is 39.2 Å². The Hall–Kier alpha value is -1.76. The molecule has 0 heterocycles. The molecule has 0 aliphatic rings. The summed E-state index contributed by atoms with van der Waals surface area (Å²) in [4.78, 5) is 12.9. The summed E-state index contributed by atoms with van der Waals surface area (Å²) in [5, 5.41) is 0. The van der Waals surface area contributed by atoms with Crippen molar-refractivity contribution in [1.29, 1.82) is 0 Å². The molecule has 0 aliphatic carbocycles. The molecule has 0 saturated carbocycles. The summed E-state index contributed by atoms with van der Waals surface area (Å²) in [6.45, 7) is 15.6. The van der Waals surface area contributed by atoms with E-state index >= 15 is 0 Å². The maximum absolute atomic E-state index is 5.31. The van der Waals surface area contributed by atoms with E-state index in [4.69, 9.17) is 9.98 Å². The van der Waals surface area contributed by atoms with Crippen molar-refractivity contribution in [3.8, 4) is 0 Å². The van der Waals surface area contributed by atoms with Crippen LogP contribution in [0.3, 0.4) is 0 Å². The Morgan fingerprint density at radius 3 is 1.64 bits per heavy atom. The Kier molecular flexibility index (Phi) is 19.0. The number of hydrogen-bond donors (Lipinski definition) is 0. The minimum absolute atomic E-state index is 0. The topological polar surface area (TPSA) is 28.0 Å². The minimum atomic E-state index is 0. The van der Waals surface area contributed by atoms with Crippen LogP contribution in [0.5, 0.6) is 0 Å². The SMILES string of the molecule is CCCCCC(=N\c1ccc(N(CC)CC)cc1)/C(CCCC)=N/c1ccc(CCCC)c(CCCC)c1.[Pd]. The number of nitrogens with zero attached hydrogens (tertiary/aromatic N) is 3. The van der Waals surface area contributed by atoms with E-state index in [1.54, 1.807) is 0 Å². The van der Waals surface area contributed by atoms with Gasteiger partial charge in [0.15, 0.2) is 0 Å². The van der Waals surface area contributed by atoms with Crippen LogP contribution >= 0.6 is 0 Å². The Labute approximate surface area is 254 Å². The van der Waals surface area contributed by atoms with Crippen molar-refractivity contribution >= 4 is 28.5 Å². The van der Waals surface area contributed by atoms with E-state index in [1.165, 1.54) is 73.2 Å². The molecular weight excluding hydrogens is 569 g/mol. The fourth-order valence-electron chi connectivity index (χ4n) is 4.95. The zero-order valence-electron chi connectivity index (χ0n) is 25.8. The second kappa shape index (κ2) is 21.1. The van der Waals surface area contributed by atoms with Crippen LogP contribution in [0.4, 0.5) is 17.1 Å². The van der Waals surface area contributed by atoms with Gasteiger partial charge in [0.05, 0.1) is 22.8 Å². The number of hydrogen-bond acceptors (Lipinski definition) is 3. The zero-order chi connectivity index (χ0) is 27.6. The molecule has 3 nitrogen and oxygen atoms in total. The molecular formula is C35H55N3Pd. The fraction of sp³-hybridized carbons (Fsp3) is 0.600. The molecule has 39 heavy (non-hydrogen) atoms. The van der Waals surface area contributed by atoms with Crippen molar-refractivity contribution < 1.29 is 20.4 Å².